The smallest absolute Gasteiger partial charge is 0.379 e. The molecule has 0 aromatic heterocycles. The second-order valence-corrected chi connectivity index (χ2v) is 6.61. The lowest BCUT2D eigenvalue weighted by Crippen LogP contribution is -2.49. The largest absolute Gasteiger partial charge is 0.451 e. The molecule has 29 heavy (non-hydrogen) atoms. The van der Waals surface area contributed by atoms with E-state index in [1.54, 1.807) is 19.1 Å². The third-order valence-electron chi connectivity index (χ3n) is 4.62. The number of alkyl halides is 4. The van der Waals surface area contributed by atoms with Crippen LogP contribution in [0.1, 0.15) is 13.3 Å². The Morgan fingerprint density at radius 2 is 2.14 bits per heavy atom. The lowest BCUT2D eigenvalue weighted by atomic mass is 10.0. The average Bonchev–Trinajstić information content (AvgIpc) is 2.68. The predicted molar refractivity (Wildman–Crippen MR) is 103 cm³/mol. The van der Waals surface area contributed by atoms with Gasteiger partial charge in [-0.25, -0.2) is 14.4 Å². The van der Waals surface area contributed by atoms with Crippen molar-refractivity contribution in [1.82, 2.24) is 10.2 Å². The van der Waals surface area contributed by atoms with Gasteiger partial charge in [-0.05, 0) is 19.2 Å². The summed E-state index contributed by atoms with van der Waals surface area (Å²) in [6.45, 7) is 6.61. The van der Waals surface area contributed by atoms with E-state index in [1.807, 2.05) is 4.90 Å². The second kappa shape index (κ2) is 10.4. The van der Waals surface area contributed by atoms with E-state index in [2.05, 4.69) is 22.0 Å². The maximum atomic E-state index is 13.9. The minimum Gasteiger partial charge on any atom is -0.379 e. The van der Waals surface area contributed by atoms with Crippen molar-refractivity contribution in [2.75, 3.05) is 32.8 Å². The molecule has 1 aliphatic heterocycles. The first-order chi connectivity index (χ1) is 13.7. The van der Waals surface area contributed by atoms with Gasteiger partial charge in [0.05, 0.1) is 18.8 Å². The van der Waals surface area contributed by atoms with Crippen LogP contribution in [0.15, 0.2) is 45.6 Å². The zero-order chi connectivity index (χ0) is 21.4. The number of ether oxygens (including phenoxy) is 1. The Morgan fingerprint density at radius 1 is 1.45 bits per heavy atom. The first kappa shape index (κ1) is 23.0. The quantitative estimate of drug-likeness (QED) is 0.411. The molecular weight excluding hydrogens is 392 g/mol. The molecule has 1 aliphatic carbocycles. The Kier molecular flexibility index (Phi) is 8.27. The zero-order valence-electron chi connectivity index (χ0n) is 16.1. The number of carbonyl (C=O) groups excluding carboxylic acids is 1. The van der Waals surface area contributed by atoms with Crippen LogP contribution >= 0.6 is 0 Å². The highest BCUT2D eigenvalue weighted by Crippen LogP contribution is 2.20. The van der Waals surface area contributed by atoms with E-state index in [1.165, 1.54) is 6.08 Å². The Hall–Kier alpha value is -2.33. The van der Waals surface area contributed by atoms with Crippen molar-refractivity contribution in [3.63, 3.8) is 0 Å². The van der Waals surface area contributed by atoms with E-state index in [0.717, 1.165) is 6.20 Å². The van der Waals surface area contributed by atoms with Crippen LogP contribution in [0, 0.1) is 0 Å². The Bertz CT molecular complexity index is 722. The number of nitrogens with zero attached hydrogens (tertiary/aromatic N) is 3. The molecule has 1 heterocycles. The predicted octanol–water partition coefficient (Wildman–Crippen LogP) is 2.59. The first-order valence-corrected chi connectivity index (χ1v) is 9.13. The van der Waals surface area contributed by atoms with Crippen molar-refractivity contribution in [2.24, 2.45) is 9.98 Å². The van der Waals surface area contributed by atoms with Crippen molar-refractivity contribution in [2.45, 2.75) is 31.7 Å². The van der Waals surface area contributed by atoms with E-state index in [9.17, 15) is 22.4 Å². The number of halogens is 4. The number of amidine groups is 1. The van der Waals surface area contributed by atoms with Crippen molar-refractivity contribution < 1.29 is 27.1 Å². The fraction of sp³-hybridized carbons (Fsp3) is 0.526. The molecule has 2 atom stereocenters. The standard InChI is InChI=1S/C19H24F4N4O2/c1-13(11-26-18(24-2)19(21,22)23)16(27-7-9-29-10-8-27)12-25-17(28)14-5-3-4-6-15(14)20/h3-5,11,15-16H,2,6-10,12H2,1H3,(H,25,28). The highest BCUT2D eigenvalue weighted by Gasteiger charge is 2.35. The topological polar surface area (TPSA) is 66.3 Å². The first-order valence-electron chi connectivity index (χ1n) is 9.13. The van der Waals surface area contributed by atoms with E-state index in [0.29, 0.717) is 31.9 Å². The van der Waals surface area contributed by atoms with Crippen molar-refractivity contribution in [3.05, 3.63) is 35.6 Å². The molecule has 2 aliphatic rings. The normalized spacial score (nSPS) is 22.8. The van der Waals surface area contributed by atoms with Crippen LogP contribution in [0.2, 0.25) is 0 Å². The van der Waals surface area contributed by atoms with E-state index in [-0.39, 0.29) is 18.5 Å². The zero-order valence-corrected chi connectivity index (χ0v) is 16.1. The summed E-state index contributed by atoms with van der Waals surface area (Å²) in [5.74, 6) is -1.89. The number of amides is 1. The molecule has 6 nitrogen and oxygen atoms in total. The van der Waals surface area contributed by atoms with Crippen molar-refractivity contribution in [3.8, 4) is 0 Å². The molecule has 160 valence electrons. The summed E-state index contributed by atoms with van der Waals surface area (Å²) in [6.07, 6.45) is -0.209. The molecule has 2 unspecified atom stereocenters. The van der Waals surface area contributed by atoms with Crippen LogP contribution in [0.5, 0.6) is 0 Å². The molecule has 0 bridgehead atoms. The number of aliphatic imine (C=N–C) groups is 2. The fourth-order valence-corrected chi connectivity index (χ4v) is 3.03. The number of carbonyl (C=O) groups is 1. The highest BCUT2D eigenvalue weighted by molar-refractivity contribution is 5.95. The average molecular weight is 416 g/mol. The van der Waals surface area contributed by atoms with E-state index < -0.39 is 30.1 Å². The molecule has 0 saturated carbocycles. The summed E-state index contributed by atoms with van der Waals surface area (Å²) in [4.78, 5) is 20.6. The van der Waals surface area contributed by atoms with Gasteiger partial charge < -0.3 is 10.1 Å². The van der Waals surface area contributed by atoms with Gasteiger partial charge in [-0.2, -0.15) is 13.2 Å². The number of morpholine rings is 1. The van der Waals surface area contributed by atoms with Gasteiger partial charge in [0.15, 0.2) is 0 Å². The molecule has 1 saturated heterocycles. The third-order valence-corrected chi connectivity index (χ3v) is 4.62. The number of allylic oxidation sites excluding steroid dienone is 3. The molecule has 0 aromatic rings. The molecule has 10 heteroatoms. The van der Waals surface area contributed by atoms with Crippen LogP contribution in [0.4, 0.5) is 17.6 Å². The summed E-state index contributed by atoms with van der Waals surface area (Å²) >= 11 is 0. The fourth-order valence-electron chi connectivity index (χ4n) is 3.03. The van der Waals surface area contributed by atoms with Crippen LogP contribution < -0.4 is 5.32 Å². The summed E-state index contributed by atoms with van der Waals surface area (Å²) < 4.78 is 57.6. The maximum Gasteiger partial charge on any atom is 0.451 e. The van der Waals surface area contributed by atoms with Gasteiger partial charge in [-0.3, -0.25) is 9.69 Å². The molecule has 1 amide bonds. The van der Waals surface area contributed by atoms with Gasteiger partial charge in [-0.15, -0.1) is 0 Å². The van der Waals surface area contributed by atoms with Gasteiger partial charge in [0.1, 0.15) is 6.17 Å². The Labute approximate surface area is 166 Å². The molecule has 1 N–H and O–H groups in total. The molecule has 2 rings (SSSR count). The van der Waals surface area contributed by atoms with Crippen molar-refractivity contribution in [1.29, 1.82) is 0 Å². The van der Waals surface area contributed by atoms with Crippen LogP contribution in [0.25, 0.3) is 0 Å². The monoisotopic (exact) mass is 416 g/mol. The molecule has 1 fully saturated rings. The summed E-state index contributed by atoms with van der Waals surface area (Å²) in [6, 6.07) is -0.427. The molecule has 0 radical (unpaired) electrons. The van der Waals surface area contributed by atoms with E-state index >= 15 is 0 Å². The Morgan fingerprint density at radius 3 is 2.72 bits per heavy atom. The second-order valence-electron chi connectivity index (χ2n) is 6.61. The van der Waals surface area contributed by atoms with Gasteiger partial charge in [0, 0.05) is 38.3 Å². The summed E-state index contributed by atoms with van der Waals surface area (Å²) in [5.41, 5.74) is 0.523. The van der Waals surface area contributed by atoms with Gasteiger partial charge in [0.2, 0.25) is 11.7 Å². The van der Waals surface area contributed by atoms with Gasteiger partial charge in [-0.1, -0.05) is 18.2 Å². The Balaban J connectivity index is 2.16. The third kappa shape index (κ3) is 6.60. The minimum atomic E-state index is -4.71. The summed E-state index contributed by atoms with van der Waals surface area (Å²) in [7, 11) is 0. The summed E-state index contributed by atoms with van der Waals surface area (Å²) in [5, 5.41) is 2.68. The van der Waals surface area contributed by atoms with Crippen LogP contribution in [-0.4, -0.2) is 74.6 Å². The van der Waals surface area contributed by atoms with Crippen molar-refractivity contribution >= 4 is 18.5 Å². The molecular formula is C19H24F4N4O2. The molecule has 0 spiro atoms. The number of nitrogens with one attached hydrogen (secondary N) is 1. The minimum absolute atomic E-state index is 0.0306. The van der Waals surface area contributed by atoms with Gasteiger partial charge >= 0.3 is 6.18 Å². The SMILES string of the molecule is C=NC(=NC=C(C)C(CNC(=O)C1=CC=CCC1F)N1CCOCC1)C(F)(F)F. The number of rotatable bonds is 6. The van der Waals surface area contributed by atoms with Crippen LogP contribution in [-0.2, 0) is 9.53 Å². The highest BCUT2D eigenvalue weighted by atomic mass is 19.4. The van der Waals surface area contributed by atoms with Crippen LogP contribution in [0.3, 0.4) is 0 Å². The number of hydrogen-bond acceptors (Lipinski definition) is 4. The number of hydrogen-bond donors (Lipinski definition) is 1. The lowest BCUT2D eigenvalue weighted by molar-refractivity contribution is -0.118. The lowest BCUT2D eigenvalue weighted by Gasteiger charge is -2.35. The van der Waals surface area contributed by atoms with E-state index in [4.69, 9.17) is 4.74 Å². The maximum absolute atomic E-state index is 13.9. The van der Waals surface area contributed by atoms with Gasteiger partial charge in [0.25, 0.3) is 0 Å². The molecule has 0 aromatic carbocycles.